The maximum atomic E-state index is 13.0. The van der Waals surface area contributed by atoms with Crippen LogP contribution in [0, 0.1) is 5.82 Å². The fourth-order valence-electron chi connectivity index (χ4n) is 2.83. The maximum Gasteiger partial charge on any atom is 0.279 e. The van der Waals surface area contributed by atoms with Crippen molar-refractivity contribution in [2.24, 2.45) is 5.16 Å². The Morgan fingerprint density at radius 2 is 1.86 bits per heavy atom. The number of nitrogens with one attached hydrogen (secondary N) is 1. The van der Waals surface area contributed by atoms with Crippen molar-refractivity contribution in [2.75, 3.05) is 11.6 Å². The largest absolute Gasteiger partial charge is 0.392 e. The highest BCUT2D eigenvalue weighted by molar-refractivity contribution is 7.90. The second kappa shape index (κ2) is 8.47. The first-order valence-electron chi connectivity index (χ1n) is 8.80. The lowest BCUT2D eigenvalue weighted by atomic mass is 10.1. The van der Waals surface area contributed by atoms with Crippen LogP contribution in [0.2, 0.25) is 0 Å². The van der Waals surface area contributed by atoms with Crippen molar-refractivity contribution >= 4 is 27.3 Å². The molecule has 0 atom stereocenters. The molecule has 0 unspecified atom stereocenters. The van der Waals surface area contributed by atoms with Gasteiger partial charge in [-0.2, -0.15) is 0 Å². The number of amides is 1. The van der Waals surface area contributed by atoms with Gasteiger partial charge in [-0.1, -0.05) is 17.3 Å². The van der Waals surface area contributed by atoms with Crippen LogP contribution in [0.1, 0.15) is 31.2 Å². The number of sulfone groups is 1. The lowest BCUT2D eigenvalue weighted by Crippen LogP contribution is -2.25. The summed E-state index contributed by atoms with van der Waals surface area (Å²) in [4.78, 5) is 22.2. The van der Waals surface area contributed by atoms with Crippen LogP contribution in [0.25, 0.3) is 0 Å². The third-order valence-electron chi connectivity index (χ3n) is 4.34. The summed E-state index contributed by atoms with van der Waals surface area (Å²) < 4.78 is 36.3. The highest BCUT2D eigenvalue weighted by Crippen LogP contribution is 2.21. The zero-order chi connectivity index (χ0) is 20.1. The molecule has 1 N–H and O–H groups in total. The smallest absolute Gasteiger partial charge is 0.279 e. The first-order chi connectivity index (χ1) is 13.3. The van der Waals surface area contributed by atoms with Crippen LogP contribution in [0.3, 0.4) is 0 Å². The molecule has 148 valence electrons. The molecule has 1 aliphatic rings. The van der Waals surface area contributed by atoms with E-state index in [2.05, 4.69) is 15.5 Å². The number of pyridine rings is 1. The summed E-state index contributed by atoms with van der Waals surface area (Å²) in [7, 11) is -3.36. The molecule has 1 aromatic heterocycles. The summed E-state index contributed by atoms with van der Waals surface area (Å²) >= 11 is 0. The van der Waals surface area contributed by atoms with Crippen molar-refractivity contribution in [3.8, 4) is 0 Å². The minimum absolute atomic E-state index is 0.0157. The zero-order valence-corrected chi connectivity index (χ0v) is 16.1. The molecule has 0 bridgehead atoms. The standard InChI is InChI=1S/C19H20FN3O4S/c1-28(25,26)16-9-6-13(7-10-16)18(23-27-15-4-2-3-5-15)19(24)22-17-11-8-14(20)12-21-17/h6-12,15H,2-5H2,1H3,(H,21,22,24)/b23-18+. The molecule has 2 aromatic rings. The Kier molecular flexibility index (Phi) is 6.03. The van der Waals surface area contributed by atoms with Gasteiger partial charge in [0.1, 0.15) is 17.7 Å². The average Bonchev–Trinajstić information content (AvgIpc) is 3.17. The Hall–Kier alpha value is -2.81. The van der Waals surface area contributed by atoms with Crippen molar-refractivity contribution in [3.63, 3.8) is 0 Å². The van der Waals surface area contributed by atoms with Gasteiger partial charge >= 0.3 is 0 Å². The average molecular weight is 405 g/mol. The van der Waals surface area contributed by atoms with Gasteiger partial charge in [-0.05, 0) is 49.9 Å². The predicted molar refractivity (Wildman–Crippen MR) is 102 cm³/mol. The molecule has 28 heavy (non-hydrogen) atoms. The van der Waals surface area contributed by atoms with Gasteiger partial charge in [0, 0.05) is 11.8 Å². The highest BCUT2D eigenvalue weighted by atomic mass is 32.2. The fraction of sp³-hybridized carbons (Fsp3) is 0.316. The molecule has 0 radical (unpaired) electrons. The Balaban J connectivity index is 1.86. The minimum Gasteiger partial charge on any atom is -0.392 e. The van der Waals surface area contributed by atoms with Crippen molar-refractivity contribution in [1.82, 2.24) is 4.98 Å². The van der Waals surface area contributed by atoms with Crippen LogP contribution in [0.5, 0.6) is 0 Å². The van der Waals surface area contributed by atoms with Crippen LogP contribution < -0.4 is 5.32 Å². The Morgan fingerprint density at radius 3 is 2.43 bits per heavy atom. The second-order valence-electron chi connectivity index (χ2n) is 6.56. The fourth-order valence-corrected chi connectivity index (χ4v) is 3.46. The number of rotatable bonds is 6. The molecule has 3 rings (SSSR count). The Labute approximate surface area is 162 Å². The lowest BCUT2D eigenvalue weighted by Gasteiger charge is -2.11. The van der Waals surface area contributed by atoms with Gasteiger partial charge in [-0.25, -0.2) is 17.8 Å². The van der Waals surface area contributed by atoms with E-state index in [-0.39, 0.29) is 22.5 Å². The first kappa shape index (κ1) is 19.9. The van der Waals surface area contributed by atoms with Crippen LogP contribution in [-0.2, 0) is 19.5 Å². The second-order valence-corrected chi connectivity index (χ2v) is 8.58. The molecule has 0 spiro atoms. The molecule has 1 fully saturated rings. The van der Waals surface area contributed by atoms with Gasteiger partial charge in [0.25, 0.3) is 5.91 Å². The lowest BCUT2D eigenvalue weighted by molar-refractivity contribution is -0.110. The number of anilines is 1. The molecule has 9 heteroatoms. The first-order valence-corrected chi connectivity index (χ1v) is 10.7. The molecule has 0 aliphatic heterocycles. The topological polar surface area (TPSA) is 97.7 Å². The van der Waals surface area contributed by atoms with E-state index in [1.165, 1.54) is 36.4 Å². The molecule has 7 nitrogen and oxygen atoms in total. The molecule has 1 amide bonds. The third-order valence-corrected chi connectivity index (χ3v) is 5.46. The van der Waals surface area contributed by atoms with Gasteiger partial charge < -0.3 is 10.2 Å². The molecular formula is C19H20FN3O4S. The number of aromatic nitrogens is 1. The van der Waals surface area contributed by atoms with E-state index in [1.807, 2.05) is 0 Å². The van der Waals surface area contributed by atoms with E-state index >= 15 is 0 Å². The van der Waals surface area contributed by atoms with Gasteiger partial charge in [0.05, 0.1) is 11.1 Å². The minimum atomic E-state index is -3.36. The van der Waals surface area contributed by atoms with Crippen LogP contribution in [-0.4, -0.2) is 37.4 Å². The quantitative estimate of drug-likeness (QED) is 0.589. The summed E-state index contributed by atoms with van der Waals surface area (Å²) in [5, 5.41) is 6.58. The predicted octanol–water partition coefficient (Wildman–Crippen LogP) is 2.93. The molecule has 1 aliphatic carbocycles. The molecular weight excluding hydrogens is 385 g/mol. The van der Waals surface area contributed by atoms with E-state index in [0.717, 1.165) is 38.1 Å². The van der Waals surface area contributed by atoms with E-state index in [4.69, 9.17) is 4.84 Å². The van der Waals surface area contributed by atoms with Crippen molar-refractivity contribution in [1.29, 1.82) is 0 Å². The summed E-state index contributed by atoms with van der Waals surface area (Å²) in [6.45, 7) is 0. The number of carbonyl (C=O) groups excluding carboxylic acids is 1. The third kappa shape index (κ3) is 5.13. The van der Waals surface area contributed by atoms with Crippen molar-refractivity contribution in [2.45, 2.75) is 36.7 Å². The van der Waals surface area contributed by atoms with E-state index in [9.17, 15) is 17.6 Å². The highest BCUT2D eigenvalue weighted by Gasteiger charge is 2.20. The summed E-state index contributed by atoms with van der Waals surface area (Å²) in [6, 6.07) is 8.29. The van der Waals surface area contributed by atoms with E-state index in [1.54, 1.807) is 0 Å². The van der Waals surface area contributed by atoms with E-state index < -0.39 is 21.6 Å². The number of hydrogen-bond acceptors (Lipinski definition) is 6. The summed E-state index contributed by atoms with van der Waals surface area (Å²) in [5.41, 5.74) is 0.378. The zero-order valence-electron chi connectivity index (χ0n) is 15.3. The van der Waals surface area contributed by atoms with E-state index in [0.29, 0.717) is 5.56 Å². The maximum absolute atomic E-state index is 13.0. The Bertz CT molecular complexity index is 967. The Morgan fingerprint density at radius 1 is 1.18 bits per heavy atom. The van der Waals surface area contributed by atoms with Crippen molar-refractivity contribution < 1.29 is 22.4 Å². The number of benzene rings is 1. The van der Waals surface area contributed by atoms with Crippen LogP contribution >= 0.6 is 0 Å². The number of oxime groups is 1. The molecule has 1 saturated carbocycles. The molecule has 0 saturated heterocycles. The van der Waals surface area contributed by atoms with Crippen LogP contribution in [0.15, 0.2) is 52.6 Å². The van der Waals surface area contributed by atoms with Gasteiger partial charge in [0.15, 0.2) is 15.5 Å². The summed E-state index contributed by atoms with van der Waals surface area (Å²) in [5.74, 6) is -0.954. The molecule has 1 heterocycles. The number of nitrogens with zero attached hydrogens (tertiary/aromatic N) is 2. The van der Waals surface area contributed by atoms with Gasteiger partial charge in [-0.15, -0.1) is 0 Å². The van der Waals surface area contributed by atoms with Crippen LogP contribution in [0.4, 0.5) is 10.2 Å². The molecule has 1 aromatic carbocycles. The number of carbonyl (C=O) groups is 1. The van der Waals surface area contributed by atoms with Crippen molar-refractivity contribution in [3.05, 3.63) is 54.0 Å². The summed E-state index contributed by atoms with van der Waals surface area (Å²) in [6.07, 6.45) is 5.86. The normalized spacial score (nSPS) is 15.4. The monoisotopic (exact) mass is 405 g/mol. The van der Waals surface area contributed by atoms with Gasteiger partial charge in [-0.3, -0.25) is 4.79 Å². The number of hydrogen-bond donors (Lipinski definition) is 1. The number of halogens is 1. The van der Waals surface area contributed by atoms with Gasteiger partial charge in [0.2, 0.25) is 0 Å². The SMILES string of the molecule is CS(=O)(=O)c1ccc(/C(=N\OC2CCCC2)C(=O)Nc2ccc(F)cn2)cc1.